The lowest BCUT2D eigenvalue weighted by molar-refractivity contribution is 0.232. The van der Waals surface area contributed by atoms with Crippen molar-refractivity contribution < 1.29 is 4.42 Å². The maximum Gasteiger partial charge on any atom is 0.215 e. The zero-order chi connectivity index (χ0) is 12.8. The second-order valence-corrected chi connectivity index (χ2v) is 5.67. The molecular formula is C15H20N2O. The number of piperidine rings is 1. The highest BCUT2D eigenvalue weighted by atomic mass is 16.4. The topological polar surface area (TPSA) is 38.1 Å². The molecule has 1 aliphatic heterocycles. The van der Waals surface area contributed by atoms with Crippen LogP contribution in [0, 0.1) is 13.8 Å². The van der Waals surface area contributed by atoms with Crippen molar-refractivity contribution in [2.45, 2.75) is 45.6 Å². The zero-order valence-corrected chi connectivity index (χ0v) is 11.3. The molecule has 1 unspecified atom stereocenters. The van der Waals surface area contributed by atoms with Gasteiger partial charge in [0.1, 0.15) is 5.52 Å². The van der Waals surface area contributed by atoms with Crippen molar-refractivity contribution in [3.8, 4) is 0 Å². The van der Waals surface area contributed by atoms with Crippen LogP contribution in [0.2, 0.25) is 0 Å². The van der Waals surface area contributed by atoms with E-state index in [0.717, 1.165) is 30.0 Å². The van der Waals surface area contributed by atoms with Gasteiger partial charge in [0.25, 0.3) is 0 Å². The number of fused-ring (bicyclic) bond motifs is 1. The summed E-state index contributed by atoms with van der Waals surface area (Å²) in [4.78, 5) is 4.70. The highest BCUT2D eigenvalue weighted by molar-refractivity contribution is 5.77. The van der Waals surface area contributed by atoms with Gasteiger partial charge in [0.15, 0.2) is 5.58 Å². The van der Waals surface area contributed by atoms with Gasteiger partial charge in [-0.25, -0.2) is 4.98 Å². The molecule has 3 rings (SSSR count). The smallest absolute Gasteiger partial charge is 0.215 e. The van der Waals surface area contributed by atoms with Crippen LogP contribution in [0.5, 0.6) is 0 Å². The standard InChI is InChI=1S/C15H20N2O/c1-10-8-11(2)13-12(9-10)17-14(18-13)15(3)6-4-5-7-16-15/h8-9,16H,4-7H2,1-3H3. The van der Waals surface area contributed by atoms with Crippen molar-refractivity contribution in [1.29, 1.82) is 0 Å². The van der Waals surface area contributed by atoms with Crippen LogP contribution < -0.4 is 5.32 Å². The SMILES string of the molecule is Cc1cc(C)c2oc(C3(C)CCCCN3)nc2c1. The molecule has 1 aliphatic rings. The molecule has 1 aromatic carbocycles. The molecule has 0 aliphatic carbocycles. The van der Waals surface area contributed by atoms with Gasteiger partial charge in [-0.3, -0.25) is 0 Å². The van der Waals surface area contributed by atoms with Crippen LogP contribution in [-0.2, 0) is 5.54 Å². The minimum Gasteiger partial charge on any atom is -0.438 e. The number of benzene rings is 1. The molecule has 0 radical (unpaired) electrons. The summed E-state index contributed by atoms with van der Waals surface area (Å²) < 4.78 is 6.02. The van der Waals surface area contributed by atoms with E-state index in [1.54, 1.807) is 0 Å². The number of hydrogen-bond donors (Lipinski definition) is 1. The number of aromatic nitrogens is 1. The number of nitrogens with zero attached hydrogens (tertiary/aromatic N) is 1. The Morgan fingerprint density at radius 1 is 1.28 bits per heavy atom. The molecule has 1 N–H and O–H groups in total. The third-order valence-corrected chi connectivity index (χ3v) is 3.91. The van der Waals surface area contributed by atoms with Crippen molar-refractivity contribution in [1.82, 2.24) is 10.3 Å². The molecule has 96 valence electrons. The van der Waals surface area contributed by atoms with Gasteiger partial charge in [-0.1, -0.05) is 6.07 Å². The largest absolute Gasteiger partial charge is 0.438 e. The fraction of sp³-hybridized carbons (Fsp3) is 0.533. The van der Waals surface area contributed by atoms with E-state index in [9.17, 15) is 0 Å². The summed E-state index contributed by atoms with van der Waals surface area (Å²) >= 11 is 0. The van der Waals surface area contributed by atoms with E-state index < -0.39 is 0 Å². The average molecular weight is 244 g/mol. The van der Waals surface area contributed by atoms with E-state index in [-0.39, 0.29) is 5.54 Å². The molecule has 3 heteroatoms. The molecule has 1 saturated heterocycles. The molecule has 0 saturated carbocycles. The van der Waals surface area contributed by atoms with E-state index in [2.05, 4.69) is 38.2 Å². The third-order valence-electron chi connectivity index (χ3n) is 3.91. The lowest BCUT2D eigenvalue weighted by Crippen LogP contribution is -2.43. The van der Waals surface area contributed by atoms with Crippen LogP contribution in [0.3, 0.4) is 0 Å². The Kier molecular flexibility index (Phi) is 2.67. The Labute approximate surface area is 108 Å². The van der Waals surface area contributed by atoms with Crippen molar-refractivity contribution in [3.63, 3.8) is 0 Å². The second-order valence-electron chi connectivity index (χ2n) is 5.67. The molecule has 0 spiro atoms. The van der Waals surface area contributed by atoms with Gasteiger partial charge in [-0.15, -0.1) is 0 Å². The minimum atomic E-state index is -0.0996. The maximum atomic E-state index is 6.02. The van der Waals surface area contributed by atoms with Gasteiger partial charge in [0.2, 0.25) is 5.89 Å². The molecule has 3 nitrogen and oxygen atoms in total. The summed E-state index contributed by atoms with van der Waals surface area (Å²) in [6, 6.07) is 4.25. The first-order valence-electron chi connectivity index (χ1n) is 6.72. The minimum absolute atomic E-state index is 0.0996. The number of aryl methyl sites for hydroxylation is 2. The average Bonchev–Trinajstić information content (AvgIpc) is 2.74. The van der Waals surface area contributed by atoms with E-state index >= 15 is 0 Å². The molecule has 2 aromatic rings. The molecule has 0 bridgehead atoms. The van der Waals surface area contributed by atoms with E-state index in [1.165, 1.54) is 24.0 Å². The molecule has 2 heterocycles. The maximum absolute atomic E-state index is 6.02. The Bertz CT molecular complexity index is 579. The Morgan fingerprint density at radius 2 is 2.11 bits per heavy atom. The van der Waals surface area contributed by atoms with Crippen molar-refractivity contribution >= 4 is 11.1 Å². The lowest BCUT2D eigenvalue weighted by atomic mass is 9.91. The lowest BCUT2D eigenvalue weighted by Gasteiger charge is -2.31. The van der Waals surface area contributed by atoms with E-state index in [4.69, 9.17) is 9.40 Å². The second kappa shape index (κ2) is 4.09. The van der Waals surface area contributed by atoms with Gasteiger partial charge in [0, 0.05) is 0 Å². The fourth-order valence-corrected chi connectivity index (χ4v) is 2.85. The molecular weight excluding hydrogens is 224 g/mol. The summed E-state index contributed by atoms with van der Waals surface area (Å²) in [6.45, 7) is 7.43. The summed E-state index contributed by atoms with van der Waals surface area (Å²) in [5.74, 6) is 0.839. The molecule has 18 heavy (non-hydrogen) atoms. The van der Waals surface area contributed by atoms with Crippen LogP contribution in [0.4, 0.5) is 0 Å². The summed E-state index contributed by atoms with van der Waals surface area (Å²) in [7, 11) is 0. The monoisotopic (exact) mass is 244 g/mol. The highest BCUT2D eigenvalue weighted by Gasteiger charge is 2.33. The van der Waals surface area contributed by atoms with Crippen LogP contribution in [0.15, 0.2) is 16.5 Å². The normalized spacial score (nSPS) is 24.6. The predicted molar refractivity (Wildman–Crippen MR) is 72.7 cm³/mol. The third kappa shape index (κ3) is 1.83. The van der Waals surface area contributed by atoms with Gasteiger partial charge >= 0.3 is 0 Å². The Hall–Kier alpha value is -1.35. The number of oxazole rings is 1. The van der Waals surface area contributed by atoms with Gasteiger partial charge in [-0.2, -0.15) is 0 Å². The summed E-state index contributed by atoms with van der Waals surface area (Å²) in [5, 5.41) is 3.55. The zero-order valence-electron chi connectivity index (χ0n) is 11.3. The summed E-state index contributed by atoms with van der Waals surface area (Å²) in [6.07, 6.45) is 3.58. The Balaban J connectivity index is 2.10. The number of rotatable bonds is 1. The molecule has 0 amide bonds. The van der Waals surface area contributed by atoms with Crippen molar-refractivity contribution in [3.05, 3.63) is 29.2 Å². The van der Waals surface area contributed by atoms with E-state index in [0.29, 0.717) is 0 Å². The Morgan fingerprint density at radius 3 is 2.83 bits per heavy atom. The number of nitrogens with one attached hydrogen (secondary N) is 1. The van der Waals surface area contributed by atoms with Gasteiger partial charge in [-0.05, 0) is 63.8 Å². The molecule has 1 fully saturated rings. The first-order valence-corrected chi connectivity index (χ1v) is 6.72. The van der Waals surface area contributed by atoms with Gasteiger partial charge < -0.3 is 9.73 Å². The van der Waals surface area contributed by atoms with Crippen molar-refractivity contribution in [2.24, 2.45) is 0 Å². The van der Waals surface area contributed by atoms with Crippen LogP contribution in [0.25, 0.3) is 11.1 Å². The molecule has 1 aromatic heterocycles. The van der Waals surface area contributed by atoms with Crippen LogP contribution in [0.1, 0.15) is 43.2 Å². The van der Waals surface area contributed by atoms with Crippen LogP contribution in [-0.4, -0.2) is 11.5 Å². The van der Waals surface area contributed by atoms with E-state index in [1.807, 2.05) is 0 Å². The summed E-state index contributed by atoms with van der Waals surface area (Å²) in [5.41, 5.74) is 4.22. The molecule has 1 atom stereocenters. The number of hydrogen-bond acceptors (Lipinski definition) is 3. The van der Waals surface area contributed by atoms with Crippen LogP contribution >= 0.6 is 0 Å². The quantitative estimate of drug-likeness (QED) is 0.835. The first-order chi connectivity index (χ1) is 8.58. The fourth-order valence-electron chi connectivity index (χ4n) is 2.85. The van der Waals surface area contributed by atoms with Crippen molar-refractivity contribution in [2.75, 3.05) is 6.54 Å². The highest BCUT2D eigenvalue weighted by Crippen LogP contribution is 2.32. The predicted octanol–water partition coefficient (Wildman–Crippen LogP) is 3.43. The first kappa shape index (κ1) is 11.7. The van der Waals surface area contributed by atoms with Gasteiger partial charge in [0.05, 0.1) is 5.54 Å².